The molecule has 18 heavy (non-hydrogen) atoms. The van der Waals surface area contributed by atoms with Crippen LogP contribution in [0.3, 0.4) is 0 Å². The van der Waals surface area contributed by atoms with Gasteiger partial charge in [0.2, 0.25) is 0 Å². The molecule has 0 heterocycles. The highest BCUT2D eigenvalue weighted by atomic mass is 15.1. The molecule has 3 atom stereocenters. The molecule has 2 N–H and O–H groups in total. The first-order valence-corrected chi connectivity index (χ1v) is 7.63. The van der Waals surface area contributed by atoms with Gasteiger partial charge in [-0.3, -0.25) is 0 Å². The van der Waals surface area contributed by atoms with Crippen LogP contribution in [0.1, 0.15) is 39.0 Å². The highest BCUT2D eigenvalue weighted by Gasteiger charge is 2.31. The first-order valence-electron chi connectivity index (χ1n) is 7.63. The Morgan fingerprint density at radius 2 is 1.83 bits per heavy atom. The molecule has 0 aromatic carbocycles. The average molecular weight is 255 g/mol. The van der Waals surface area contributed by atoms with Crippen molar-refractivity contribution in [3.8, 4) is 0 Å². The van der Waals surface area contributed by atoms with Gasteiger partial charge >= 0.3 is 0 Å². The lowest BCUT2D eigenvalue weighted by Gasteiger charge is -2.41. The zero-order chi connectivity index (χ0) is 13.5. The summed E-state index contributed by atoms with van der Waals surface area (Å²) in [5.74, 6) is 1.64. The molecule has 0 radical (unpaired) electrons. The van der Waals surface area contributed by atoms with Crippen molar-refractivity contribution in [1.82, 2.24) is 9.80 Å². The molecule has 1 saturated carbocycles. The van der Waals surface area contributed by atoms with E-state index in [1.807, 2.05) is 0 Å². The maximum Gasteiger partial charge on any atom is 0.0135 e. The molecule has 108 valence electrons. The summed E-state index contributed by atoms with van der Waals surface area (Å²) in [6, 6.07) is 0.718. The van der Waals surface area contributed by atoms with Gasteiger partial charge in [-0.05, 0) is 71.9 Å². The monoisotopic (exact) mass is 255 g/mol. The fourth-order valence-electron chi connectivity index (χ4n) is 3.28. The van der Waals surface area contributed by atoms with E-state index in [1.54, 1.807) is 0 Å². The largest absolute Gasteiger partial charge is 0.330 e. The summed E-state index contributed by atoms with van der Waals surface area (Å²) in [6.45, 7) is 5.58. The van der Waals surface area contributed by atoms with Crippen molar-refractivity contribution < 1.29 is 0 Å². The summed E-state index contributed by atoms with van der Waals surface area (Å²) in [6.07, 6.45) is 6.67. The highest BCUT2D eigenvalue weighted by Crippen LogP contribution is 2.33. The molecule has 3 heteroatoms. The normalized spacial score (nSPS) is 29.2. The van der Waals surface area contributed by atoms with Crippen LogP contribution in [0.4, 0.5) is 0 Å². The van der Waals surface area contributed by atoms with Crippen molar-refractivity contribution in [2.24, 2.45) is 17.6 Å². The topological polar surface area (TPSA) is 32.5 Å². The zero-order valence-corrected chi connectivity index (χ0v) is 12.9. The van der Waals surface area contributed by atoms with Crippen molar-refractivity contribution in [1.29, 1.82) is 0 Å². The third kappa shape index (κ3) is 4.87. The number of rotatable bonds is 7. The molecule has 1 aliphatic rings. The van der Waals surface area contributed by atoms with E-state index < -0.39 is 0 Å². The van der Waals surface area contributed by atoms with Crippen molar-refractivity contribution in [2.75, 3.05) is 40.8 Å². The van der Waals surface area contributed by atoms with Crippen LogP contribution in [-0.4, -0.2) is 56.6 Å². The van der Waals surface area contributed by atoms with Gasteiger partial charge in [-0.15, -0.1) is 0 Å². The van der Waals surface area contributed by atoms with Crippen molar-refractivity contribution in [2.45, 2.75) is 45.1 Å². The highest BCUT2D eigenvalue weighted by molar-refractivity contribution is 4.86. The van der Waals surface area contributed by atoms with Crippen LogP contribution in [0.25, 0.3) is 0 Å². The van der Waals surface area contributed by atoms with E-state index in [2.05, 4.69) is 37.9 Å². The third-order valence-electron chi connectivity index (χ3n) is 4.63. The van der Waals surface area contributed by atoms with Gasteiger partial charge in [-0.1, -0.05) is 19.8 Å². The first-order chi connectivity index (χ1) is 8.58. The third-order valence-corrected chi connectivity index (χ3v) is 4.63. The minimum atomic E-state index is 0.718. The summed E-state index contributed by atoms with van der Waals surface area (Å²) in [5.41, 5.74) is 5.96. The Labute approximate surface area is 114 Å². The Morgan fingerprint density at radius 1 is 1.11 bits per heavy atom. The average Bonchev–Trinajstić information content (AvgIpc) is 2.37. The van der Waals surface area contributed by atoms with Crippen molar-refractivity contribution in [3.05, 3.63) is 0 Å². The first kappa shape index (κ1) is 15.9. The van der Waals surface area contributed by atoms with Crippen LogP contribution >= 0.6 is 0 Å². The number of hydrogen-bond acceptors (Lipinski definition) is 3. The van der Waals surface area contributed by atoms with Crippen molar-refractivity contribution >= 4 is 0 Å². The predicted molar refractivity (Wildman–Crippen MR) is 79.8 cm³/mol. The second kappa shape index (κ2) is 8.13. The van der Waals surface area contributed by atoms with Gasteiger partial charge < -0.3 is 15.5 Å². The molecule has 3 unspecified atom stereocenters. The number of nitrogens with zero attached hydrogens (tertiary/aromatic N) is 2. The van der Waals surface area contributed by atoms with E-state index in [-0.39, 0.29) is 0 Å². The number of nitrogens with two attached hydrogens (primary N) is 1. The van der Waals surface area contributed by atoms with Gasteiger partial charge in [0.15, 0.2) is 0 Å². The summed E-state index contributed by atoms with van der Waals surface area (Å²) < 4.78 is 0. The Morgan fingerprint density at radius 3 is 2.39 bits per heavy atom. The van der Waals surface area contributed by atoms with Crippen LogP contribution in [0.15, 0.2) is 0 Å². The summed E-state index contributed by atoms with van der Waals surface area (Å²) in [4.78, 5) is 4.84. The lowest BCUT2D eigenvalue weighted by atomic mass is 9.76. The molecule has 0 spiro atoms. The minimum Gasteiger partial charge on any atom is -0.330 e. The maximum absolute atomic E-state index is 5.96. The fourth-order valence-corrected chi connectivity index (χ4v) is 3.28. The van der Waals surface area contributed by atoms with Crippen LogP contribution in [0.2, 0.25) is 0 Å². The minimum absolute atomic E-state index is 0.718. The van der Waals surface area contributed by atoms with Crippen molar-refractivity contribution in [3.63, 3.8) is 0 Å². The van der Waals surface area contributed by atoms with Gasteiger partial charge in [0, 0.05) is 6.04 Å². The van der Waals surface area contributed by atoms with Crippen LogP contribution in [0.5, 0.6) is 0 Å². The molecule has 1 rings (SSSR count). The molecule has 1 aliphatic carbocycles. The predicted octanol–water partition coefficient (Wildman–Crippen LogP) is 2.02. The van der Waals surface area contributed by atoms with Crippen LogP contribution in [0, 0.1) is 11.8 Å². The lowest BCUT2D eigenvalue weighted by molar-refractivity contribution is 0.0991. The standard InChI is InChI=1S/C15H33N3/c1-5-13-7-8-14(12-16)15(11-13)18(4)10-6-9-17(2)3/h13-15H,5-12,16H2,1-4H3. The van der Waals surface area contributed by atoms with Gasteiger partial charge in [0.25, 0.3) is 0 Å². The smallest absolute Gasteiger partial charge is 0.0135 e. The molecule has 3 nitrogen and oxygen atoms in total. The fraction of sp³-hybridized carbons (Fsp3) is 1.00. The second-order valence-electron chi connectivity index (χ2n) is 6.29. The number of hydrogen-bond donors (Lipinski definition) is 1. The Bertz CT molecular complexity index is 218. The maximum atomic E-state index is 5.96. The molecule has 0 amide bonds. The molecule has 1 fully saturated rings. The summed E-state index contributed by atoms with van der Waals surface area (Å²) in [7, 11) is 6.59. The van der Waals surface area contributed by atoms with E-state index in [0.717, 1.165) is 24.4 Å². The quantitative estimate of drug-likeness (QED) is 0.755. The van der Waals surface area contributed by atoms with E-state index in [4.69, 9.17) is 5.73 Å². The molecule has 0 bridgehead atoms. The summed E-state index contributed by atoms with van der Waals surface area (Å²) >= 11 is 0. The Balaban J connectivity index is 2.42. The Hall–Kier alpha value is -0.120. The second-order valence-corrected chi connectivity index (χ2v) is 6.29. The Kier molecular flexibility index (Phi) is 7.20. The lowest BCUT2D eigenvalue weighted by Crippen LogP contribution is -2.45. The zero-order valence-electron chi connectivity index (χ0n) is 12.9. The van der Waals surface area contributed by atoms with Gasteiger partial charge in [-0.2, -0.15) is 0 Å². The van der Waals surface area contributed by atoms with Crippen LogP contribution < -0.4 is 5.73 Å². The molecule has 0 saturated heterocycles. The summed E-state index contributed by atoms with van der Waals surface area (Å²) in [5, 5.41) is 0. The molecular weight excluding hydrogens is 222 g/mol. The SMILES string of the molecule is CCC1CCC(CN)C(N(C)CCCN(C)C)C1. The molecule has 0 aromatic rings. The van der Waals surface area contributed by atoms with Gasteiger partial charge in [-0.25, -0.2) is 0 Å². The van der Waals surface area contributed by atoms with E-state index in [1.165, 1.54) is 45.2 Å². The van der Waals surface area contributed by atoms with Gasteiger partial charge in [0.05, 0.1) is 0 Å². The van der Waals surface area contributed by atoms with Crippen LogP contribution in [-0.2, 0) is 0 Å². The van der Waals surface area contributed by atoms with E-state index >= 15 is 0 Å². The molecule has 0 aromatic heterocycles. The van der Waals surface area contributed by atoms with E-state index in [9.17, 15) is 0 Å². The molecular formula is C15H33N3. The van der Waals surface area contributed by atoms with Gasteiger partial charge in [0.1, 0.15) is 0 Å². The van der Waals surface area contributed by atoms with E-state index in [0.29, 0.717) is 0 Å². The molecule has 0 aliphatic heterocycles.